The smallest absolute Gasteiger partial charge is 0.312 e. The molecule has 4 rings (SSSR count). The fourth-order valence-corrected chi connectivity index (χ4v) is 3.89. The van der Waals surface area contributed by atoms with E-state index in [9.17, 15) is 9.59 Å². The van der Waals surface area contributed by atoms with Crippen molar-refractivity contribution in [3.8, 4) is 11.1 Å². The first-order chi connectivity index (χ1) is 15.1. The van der Waals surface area contributed by atoms with Crippen molar-refractivity contribution >= 4 is 11.9 Å². The molecule has 7 heteroatoms. The van der Waals surface area contributed by atoms with Crippen molar-refractivity contribution in [2.24, 2.45) is 5.41 Å². The van der Waals surface area contributed by atoms with Gasteiger partial charge in [0.05, 0.1) is 18.2 Å². The summed E-state index contributed by atoms with van der Waals surface area (Å²) in [7, 11) is 0. The Morgan fingerprint density at radius 3 is 2.42 bits per heavy atom. The number of hydrogen-bond donors (Lipinski definition) is 2. The predicted octanol–water partition coefficient (Wildman–Crippen LogP) is 3.55. The third-order valence-electron chi connectivity index (χ3n) is 5.73. The highest BCUT2D eigenvalue weighted by molar-refractivity contribution is 5.92. The van der Waals surface area contributed by atoms with E-state index < -0.39 is 5.41 Å². The summed E-state index contributed by atoms with van der Waals surface area (Å²) in [4.78, 5) is 25.1. The van der Waals surface area contributed by atoms with Gasteiger partial charge in [0.15, 0.2) is 5.69 Å². The van der Waals surface area contributed by atoms with Gasteiger partial charge in [0.25, 0.3) is 5.91 Å². The molecule has 1 aliphatic rings. The molecule has 1 aliphatic carbocycles. The topological polar surface area (TPSA) is 97.0 Å². The van der Waals surface area contributed by atoms with Gasteiger partial charge in [0, 0.05) is 6.04 Å². The number of benzene rings is 2. The van der Waals surface area contributed by atoms with Crippen molar-refractivity contribution in [2.45, 2.75) is 38.6 Å². The number of aromatic nitrogens is 3. The molecule has 1 amide bonds. The zero-order valence-electron chi connectivity index (χ0n) is 17.5. The lowest BCUT2D eigenvalue weighted by atomic mass is 9.92. The van der Waals surface area contributed by atoms with E-state index in [0.717, 1.165) is 29.5 Å². The van der Waals surface area contributed by atoms with E-state index >= 15 is 0 Å². The molecule has 1 atom stereocenters. The summed E-state index contributed by atoms with van der Waals surface area (Å²) in [6.45, 7) is 2.17. The van der Waals surface area contributed by atoms with Crippen LogP contribution in [0.25, 0.3) is 11.1 Å². The van der Waals surface area contributed by atoms with Crippen LogP contribution < -0.4 is 5.32 Å². The number of esters is 1. The van der Waals surface area contributed by atoms with Crippen molar-refractivity contribution in [3.05, 3.63) is 72.1 Å². The van der Waals surface area contributed by atoms with Crippen LogP contribution in [-0.2, 0) is 16.0 Å². The molecule has 0 aliphatic heterocycles. The van der Waals surface area contributed by atoms with Gasteiger partial charge in [-0.25, -0.2) is 0 Å². The van der Waals surface area contributed by atoms with E-state index in [1.807, 2.05) is 25.1 Å². The normalized spacial score (nSPS) is 15.1. The van der Waals surface area contributed by atoms with E-state index in [1.165, 1.54) is 6.20 Å². The first-order valence-electron chi connectivity index (χ1n) is 10.6. The third kappa shape index (κ3) is 4.99. The maximum absolute atomic E-state index is 12.6. The van der Waals surface area contributed by atoms with Gasteiger partial charge in [-0.1, -0.05) is 54.6 Å². The van der Waals surface area contributed by atoms with Gasteiger partial charge < -0.3 is 10.1 Å². The van der Waals surface area contributed by atoms with Crippen molar-refractivity contribution in [3.63, 3.8) is 0 Å². The van der Waals surface area contributed by atoms with Crippen molar-refractivity contribution < 1.29 is 14.3 Å². The van der Waals surface area contributed by atoms with Crippen LogP contribution in [0.1, 0.15) is 42.2 Å². The monoisotopic (exact) mass is 418 g/mol. The molecule has 7 nitrogen and oxygen atoms in total. The van der Waals surface area contributed by atoms with E-state index in [1.54, 1.807) is 0 Å². The summed E-state index contributed by atoms with van der Waals surface area (Å²) in [5.41, 5.74) is 3.11. The Labute approximate surface area is 181 Å². The minimum Gasteiger partial charge on any atom is -0.466 e. The molecule has 1 saturated carbocycles. The van der Waals surface area contributed by atoms with Gasteiger partial charge in [0.1, 0.15) is 0 Å². The molecule has 1 fully saturated rings. The molecular formula is C24H26N4O3. The molecule has 160 valence electrons. The Bertz CT molecular complexity index is 1010. The third-order valence-corrected chi connectivity index (χ3v) is 5.73. The first-order valence-corrected chi connectivity index (χ1v) is 10.6. The average molecular weight is 418 g/mol. The second-order valence-electron chi connectivity index (χ2n) is 8.00. The Hall–Kier alpha value is -3.48. The summed E-state index contributed by atoms with van der Waals surface area (Å²) < 4.78 is 5.28. The summed E-state index contributed by atoms with van der Waals surface area (Å²) >= 11 is 0. The Kier molecular flexibility index (Phi) is 6.11. The lowest BCUT2D eigenvalue weighted by Crippen LogP contribution is -2.40. The Balaban J connectivity index is 1.50. The van der Waals surface area contributed by atoms with Crippen molar-refractivity contribution in [1.29, 1.82) is 0 Å². The number of nitrogens with one attached hydrogen (secondary N) is 2. The molecule has 2 aromatic carbocycles. The van der Waals surface area contributed by atoms with Gasteiger partial charge in [-0.05, 0) is 49.3 Å². The van der Waals surface area contributed by atoms with Gasteiger partial charge in [-0.3, -0.25) is 9.59 Å². The lowest BCUT2D eigenvalue weighted by Gasteiger charge is -2.23. The van der Waals surface area contributed by atoms with E-state index in [4.69, 9.17) is 4.74 Å². The van der Waals surface area contributed by atoms with Crippen LogP contribution >= 0.6 is 0 Å². The molecule has 0 bridgehead atoms. The minimum absolute atomic E-state index is 0.171. The Morgan fingerprint density at radius 2 is 1.81 bits per heavy atom. The van der Waals surface area contributed by atoms with Gasteiger partial charge in [-0.15, -0.1) is 0 Å². The number of H-pyrrole nitrogens is 1. The fourth-order valence-electron chi connectivity index (χ4n) is 3.89. The van der Waals surface area contributed by atoms with Crippen LogP contribution in [0.4, 0.5) is 0 Å². The minimum atomic E-state index is -0.498. The van der Waals surface area contributed by atoms with E-state index in [2.05, 4.69) is 57.1 Å². The molecule has 0 saturated heterocycles. The SMILES string of the molecule is CCOC(=O)C1(C[C@@H](Cc2ccc(-c3ccccc3)cc2)NC(=O)c2cn[nH]n2)CC1. The molecule has 0 unspecified atom stereocenters. The molecule has 1 aromatic heterocycles. The van der Waals surface area contributed by atoms with Crippen LogP contribution in [0.3, 0.4) is 0 Å². The molecule has 3 aromatic rings. The standard InChI is InChI=1S/C24H26N4O3/c1-2-31-23(30)24(12-13-24)15-20(26-22(29)21-16-25-28-27-21)14-17-8-10-19(11-9-17)18-6-4-3-5-7-18/h3-11,16,20H,2,12-15H2,1H3,(H,26,29)(H,25,27,28)/t20-/m1/s1. The molecule has 0 radical (unpaired) electrons. The highest BCUT2D eigenvalue weighted by Crippen LogP contribution is 2.51. The molecule has 31 heavy (non-hydrogen) atoms. The molecule has 1 heterocycles. The maximum atomic E-state index is 12.6. The van der Waals surface area contributed by atoms with Gasteiger partial charge in [-0.2, -0.15) is 15.4 Å². The number of aromatic amines is 1. The second-order valence-corrected chi connectivity index (χ2v) is 8.00. The van der Waals surface area contributed by atoms with Crippen molar-refractivity contribution in [1.82, 2.24) is 20.7 Å². The van der Waals surface area contributed by atoms with Crippen LogP contribution in [0.5, 0.6) is 0 Å². The average Bonchev–Trinajstić information content (AvgIpc) is 3.35. The highest BCUT2D eigenvalue weighted by atomic mass is 16.5. The number of nitrogens with zero attached hydrogens (tertiary/aromatic N) is 2. The Morgan fingerprint density at radius 1 is 1.10 bits per heavy atom. The van der Waals surface area contributed by atoms with Crippen LogP contribution in [0.2, 0.25) is 0 Å². The lowest BCUT2D eigenvalue weighted by molar-refractivity contribution is -0.150. The summed E-state index contributed by atoms with van der Waals surface area (Å²) in [5, 5.41) is 13.1. The number of ether oxygens (including phenoxy) is 1. The largest absolute Gasteiger partial charge is 0.466 e. The fraction of sp³-hybridized carbons (Fsp3) is 0.333. The molecule has 2 N–H and O–H groups in total. The maximum Gasteiger partial charge on any atom is 0.312 e. The zero-order chi connectivity index (χ0) is 21.7. The summed E-state index contributed by atoms with van der Waals surface area (Å²) in [6, 6.07) is 18.3. The number of carbonyl (C=O) groups is 2. The number of carbonyl (C=O) groups excluding carboxylic acids is 2. The van der Waals surface area contributed by atoms with Crippen LogP contribution in [0.15, 0.2) is 60.8 Å². The number of hydrogen-bond acceptors (Lipinski definition) is 5. The van der Waals surface area contributed by atoms with E-state index in [0.29, 0.717) is 19.4 Å². The quantitative estimate of drug-likeness (QED) is 0.518. The van der Waals surface area contributed by atoms with Gasteiger partial charge in [0.2, 0.25) is 0 Å². The van der Waals surface area contributed by atoms with E-state index in [-0.39, 0.29) is 23.6 Å². The molecule has 0 spiro atoms. The van der Waals surface area contributed by atoms with Crippen molar-refractivity contribution in [2.75, 3.05) is 6.61 Å². The van der Waals surface area contributed by atoms with Crippen LogP contribution in [-0.4, -0.2) is 39.9 Å². The zero-order valence-corrected chi connectivity index (χ0v) is 17.5. The highest BCUT2D eigenvalue weighted by Gasteiger charge is 2.52. The second kappa shape index (κ2) is 9.12. The molecular weight excluding hydrogens is 392 g/mol. The summed E-state index contributed by atoms with van der Waals surface area (Å²) in [5.74, 6) is -0.477. The van der Waals surface area contributed by atoms with Gasteiger partial charge >= 0.3 is 5.97 Å². The predicted molar refractivity (Wildman–Crippen MR) is 116 cm³/mol. The first kappa shape index (κ1) is 20.8. The number of amides is 1. The van der Waals surface area contributed by atoms with Crippen LogP contribution in [0, 0.1) is 5.41 Å². The number of rotatable bonds is 9. The summed E-state index contributed by atoms with van der Waals surface area (Å²) in [6.07, 6.45) is 4.11.